The van der Waals surface area contributed by atoms with Gasteiger partial charge in [0.2, 0.25) is 0 Å². The average molecular weight is 265 g/mol. The normalized spacial score (nSPS) is 11.5. The maximum absolute atomic E-state index is 12.1. The molecule has 0 aromatic carbocycles. The molecule has 0 aliphatic heterocycles. The van der Waals surface area contributed by atoms with Crippen LogP contribution in [-0.4, -0.2) is 17.8 Å². The zero-order valence-corrected chi connectivity index (χ0v) is 11.7. The second-order valence-corrected chi connectivity index (χ2v) is 5.76. The summed E-state index contributed by atoms with van der Waals surface area (Å²) in [5.74, 6) is 0.662. The molecule has 4 heteroatoms. The Bertz CT molecular complexity index is 556. The van der Waals surface area contributed by atoms with Gasteiger partial charge in [0.1, 0.15) is 0 Å². The Morgan fingerprint density at radius 3 is 2.94 bits per heavy atom. The fourth-order valence-electron chi connectivity index (χ4n) is 1.77. The van der Waals surface area contributed by atoms with Gasteiger partial charge in [0, 0.05) is 24.0 Å². The van der Waals surface area contributed by atoms with Gasteiger partial charge in [-0.25, -0.2) is 0 Å². The van der Waals surface area contributed by atoms with E-state index in [0.717, 1.165) is 23.1 Å². The lowest BCUT2D eigenvalue weighted by Crippen LogP contribution is -2.21. The monoisotopic (exact) mass is 265 g/mol. The summed E-state index contributed by atoms with van der Waals surface area (Å²) in [4.78, 5) is 12.1. The molecule has 98 valence electrons. The third-order valence-corrected chi connectivity index (χ3v) is 3.79. The van der Waals surface area contributed by atoms with Gasteiger partial charge < -0.3 is 9.30 Å². The summed E-state index contributed by atoms with van der Waals surface area (Å²) in [6, 6.07) is 3.88. The van der Waals surface area contributed by atoms with Crippen molar-refractivity contribution in [3.63, 3.8) is 0 Å². The first-order valence-corrected chi connectivity index (χ1v) is 7.21. The van der Waals surface area contributed by atoms with Crippen LogP contribution in [0.3, 0.4) is 0 Å². The number of hydrogen-bond donors (Lipinski definition) is 0. The van der Waals surface area contributed by atoms with E-state index in [-0.39, 0.29) is 5.56 Å². The number of ether oxygens (including phenoxy) is 1. The third-order valence-electron chi connectivity index (χ3n) is 2.91. The van der Waals surface area contributed by atoms with Gasteiger partial charge in [0.05, 0.1) is 12.0 Å². The first kappa shape index (κ1) is 13.3. The minimum absolute atomic E-state index is 0.0845. The highest BCUT2D eigenvalue weighted by Crippen LogP contribution is 2.16. The highest BCUT2D eigenvalue weighted by atomic mass is 32.1. The van der Waals surface area contributed by atoms with E-state index in [1.165, 1.54) is 0 Å². The van der Waals surface area contributed by atoms with Gasteiger partial charge in [-0.1, -0.05) is 13.8 Å². The molecule has 3 nitrogen and oxygen atoms in total. The van der Waals surface area contributed by atoms with Gasteiger partial charge in [-0.3, -0.25) is 4.79 Å². The van der Waals surface area contributed by atoms with Gasteiger partial charge in [0.25, 0.3) is 5.56 Å². The summed E-state index contributed by atoms with van der Waals surface area (Å²) in [5.41, 5.74) is 0.0845. The maximum Gasteiger partial charge on any atom is 0.259 e. The number of hydrogen-bond acceptors (Lipinski definition) is 3. The smallest absolute Gasteiger partial charge is 0.259 e. The molecule has 2 heterocycles. The lowest BCUT2D eigenvalue weighted by Gasteiger charge is -2.08. The van der Waals surface area contributed by atoms with E-state index in [4.69, 9.17) is 4.74 Å². The molecule has 0 radical (unpaired) electrons. The second-order valence-electron chi connectivity index (χ2n) is 4.81. The average Bonchev–Trinajstić information content (AvgIpc) is 2.80. The van der Waals surface area contributed by atoms with Crippen LogP contribution in [0.25, 0.3) is 10.1 Å². The molecular formula is C14H19NO2S. The maximum atomic E-state index is 12.1. The second kappa shape index (κ2) is 6.16. The molecule has 0 aliphatic carbocycles. The first-order chi connectivity index (χ1) is 8.68. The molecule has 0 atom stereocenters. The molecule has 2 aromatic heterocycles. The van der Waals surface area contributed by atoms with Crippen LogP contribution in [0.5, 0.6) is 0 Å². The fourth-order valence-corrected chi connectivity index (χ4v) is 2.54. The topological polar surface area (TPSA) is 31.2 Å². The number of aromatic nitrogens is 1. The van der Waals surface area contributed by atoms with Gasteiger partial charge in [-0.05, 0) is 29.9 Å². The van der Waals surface area contributed by atoms with Crippen molar-refractivity contribution in [3.8, 4) is 0 Å². The SMILES string of the molecule is CC(C)CCOCCn1ccc2sccc2c1=O. The molecule has 2 rings (SSSR count). The molecular weight excluding hydrogens is 246 g/mol. The minimum atomic E-state index is 0.0845. The van der Waals surface area contributed by atoms with Crippen LogP contribution in [-0.2, 0) is 11.3 Å². The quantitative estimate of drug-likeness (QED) is 0.751. The summed E-state index contributed by atoms with van der Waals surface area (Å²) in [6.07, 6.45) is 2.92. The molecule has 0 spiro atoms. The molecule has 2 aromatic rings. The van der Waals surface area contributed by atoms with Crippen LogP contribution in [0.1, 0.15) is 20.3 Å². The van der Waals surface area contributed by atoms with Crippen molar-refractivity contribution in [1.29, 1.82) is 0 Å². The van der Waals surface area contributed by atoms with Crippen molar-refractivity contribution >= 4 is 21.4 Å². The molecule has 0 fully saturated rings. The predicted octanol–water partition coefficient (Wildman–Crippen LogP) is 3.13. The highest BCUT2D eigenvalue weighted by molar-refractivity contribution is 7.17. The Balaban J connectivity index is 1.91. The molecule has 0 saturated heterocycles. The van der Waals surface area contributed by atoms with Gasteiger partial charge in [-0.15, -0.1) is 11.3 Å². The third kappa shape index (κ3) is 3.21. The van der Waals surface area contributed by atoms with Gasteiger partial charge in [0.15, 0.2) is 0 Å². The van der Waals surface area contributed by atoms with Crippen LogP contribution in [0.4, 0.5) is 0 Å². The number of thiophene rings is 1. The Kier molecular flexibility index (Phi) is 4.55. The lowest BCUT2D eigenvalue weighted by atomic mass is 10.1. The molecule has 18 heavy (non-hydrogen) atoms. The molecule has 0 bridgehead atoms. The zero-order chi connectivity index (χ0) is 13.0. The lowest BCUT2D eigenvalue weighted by molar-refractivity contribution is 0.116. The first-order valence-electron chi connectivity index (χ1n) is 6.33. The molecule has 0 unspecified atom stereocenters. The fraction of sp³-hybridized carbons (Fsp3) is 0.500. The van der Waals surface area contributed by atoms with E-state index in [9.17, 15) is 4.79 Å². The van der Waals surface area contributed by atoms with E-state index >= 15 is 0 Å². The van der Waals surface area contributed by atoms with Crippen molar-refractivity contribution in [2.45, 2.75) is 26.8 Å². The van der Waals surface area contributed by atoms with Crippen LogP contribution in [0, 0.1) is 5.92 Å². The van der Waals surface area contributed by atoms with Gasteiger partial charge >= 0.3 is 0 Å². The number of nitrogens with zero attached hydrogens (tertiary/aromatic N) is 1. The van der Waals surface area contributed by atoms with E-state index < -0.39 is 0 Å². The van der Waals surface area contributed by atoms with Crippen molar-refractivity contribution in [2.24, 2.45) is 5.92 Å². The number of pyridine rings is 1. The summed E-state index contributed by atoms with van der Waals surface area (Å²) >= 11 is 1.60. The molecule has 0 amide bonds. The highest BCUT2D eigenvalue weighted by Gasteiger charge is 2.03. The summed E-state index contributed by atoms with van der Waals surface area (Å²) in [7, 11) is 0. The van der Waals surface area contributed by atoms with Gasteiger partial charge in [-0.2, -0.15) is 0 Å². The zero-order valence-electron chi connectivity index (χ0n) is 10.9. The summed E-state index contributed by atoms with van der Waals surface area (Å²) in [6.45, 7) is 6.36. The molecule has 0 aliphatic rings. The van der Waals surface area contributed by atoms with E-state index in [0.29, 0.717) is 19.1 Å². The van der Waals surface area contributed by atoms with Crippen molar-refractivity contribution in [3.05, 3.63) is 34.1 Å². The van der Waals surface area contributed by atoms with E-state index in [2.05, 4.69) is 13.8 Å². The minimum Gasteiger partial charge on any atom is -0.380 e. The molecule has 0 N–H and O–H groups in total. The Morgan fingerprint density at radius 1 is 1.33 bits per heavy atom. The van der Waals surface area contributed by atoms with Crippen LogP contribution < -0.4 is 5.56 Å². The van der Waals surface area contributed by atoms with E-state index in [1.54, 1.807) is 15.9 Å². The standard InChI is InChI=1S/C14H19NO2S/c1-11(2)4-8-17-9-7-15-6-3-13-12(14(15)16)5-10-18-13/h3,5-6,10-11H,4,7-9H2,1-2H3. The van der Waals surface area contributed by atoms with Crippen molar-refractivity contribution in [2.75, 3.05) is 13.2 Å². The largest absolute Gasteiger partial charge is 0.380 e. The Labute approximate surface area is 111 Å². The Morgan fingerprint density at radius 2 is 2.17 bits per heavy atom. The van der Waals surface area contributed by atoms with Crippen LogP contribution in [0.15, 0.2) is 28.5 Å². The van der Waals surface area contributed by atoms with Crippen LogP contribution >= 0.6 is 11.3 Å². The number of fused-ring (bicyclic) bond motifs is 1. The van der Waals surface area contributed by atoms with Crippen molar-refractivity contribution < 1.29 is 4.74 Å². The summed E-state index contributed by atoms with van der Waals surface area (Å²) in [5, 5.41) is 2.76. The van der Waals surface area contributed by atoms with Crippen LogP contribution in [0.2, 0.25) is 0 Å². The Hall–Kier alpha value is -1.13. The number of rotatable bonds is 6. The predicted molar refractivity (Wildman–Crippen MR) is 76.4 cm³/mol. The van der Waals surface area contributed by atoms with Crippen molar-refractivity contribution in [1.82, 2.24) is 4.57 Å². The summed E-state index contributed by atoms with van der Waals surface area (Å²) < 4.78 is 8.32. The van der Waals surface area contributed by atoms with E-state index in [1.807, 2.05) is 23.7 Å². The molecule has 0 saturated carbocycles.